The number of aryl methyl sites for hydroxylation is 1. The van der Waals surface area contributed by atoms with Crippen molar-refractivity contribution in [3.63, 3.8) is 0 Å². The fourth-order valence-electron chi connectivity index (χ4n) is 3.13. The quantitative estimate of drug-likeness (QED) is 0.778. The van der Waals surface area contributed by atoms with Gasteiger partial charge in [-0.05, 0) is 49.9 Å². The average Bonchev–Trinajstić information content (AvgIpc) is 2.68. The van der Waals surface area contributed by atoms with Crippen LogP contribution in [0, 0.1) is 6.92 Å². The molecule has 156 valence electrons. The Balaban J connectivity index is 1.85. The smallest absolute Gasteiger partial charge is 0.255 e. The Morgan fingerprint density at radius 3 is 2.41 bits per heavy atom. The molecule has 0 saturated carbocycles. The number of nitrogens with zero attached hydrogens (tertiary/aromatic N) is 2. The molecule has 9 heteroatoms. The minimum absolute atomic E-state index is 0.116. The molecule has 0 radical (unpaired) electrons. The first-order valence-electron chi connectivity index (χ1n) is 9.16. The third kappa shape index (κ3) is 4.72. The number of methoxy groups -OCH3 is 1. The summed E-state index contributed by atoms with van der Waals surface area (Å²) in [7, 11) is -0.187. The molecule has 1 aliphatic rings. The number of likely N-dealkylation sites (N-methyl/N-ethyl adjacent to an activating group) is 1. The van der Waals surface area contributed by atoms with E-state index < -0.39 is 15.9 Å². The van der Waals surface area contributed by atoms with Gasteiger partial charge >= 0.3 is 0 Å². The van der Waals surface area contributed by atoms with Crippen LogP contribution in [0.3, 0.4) is 0 Å². The summed E-state index contributed by atoms with van der Waals surface area (Å²) in [4.78, 5) is 15.0. The monoisotopic (exact) mass is 437 g/mol. The topological polar surface area (TPSA) is 78.9 Å². The molecule has 3 rings (SSSR count). The van der Waals surface area contributed by atoms with Crippen LogP contribution in [-0.2, 0) is 10.0 Å². The molecule has 2 aromatic rings. The number of piperazine rings is 1. The van der Waals surface area contributed by atoms with E-state index in [-0.39, 0.29) is 4.90 Å². The van der Waals surface area contributed by atoms with Crippen molar-refractivity contribution < 1.29 is 17.9 Å². The van der Waals surface area contributed by atoms with Gasteiger partial charge in [-0.25, -0.2) is 8.42 Å². The third-order valence-corrected chi connectivity index (χ3v) is 7.15. The van der Waals surface area contributed by atoms with Gasteiger partial charge in [-0.15, -0.1) is 0 Å². The van der Waals surface area contributed by atoms with Crippen LogP contribution in [0.5, 0.6) is 5.75 Å². The minimum Gasteiger partial charge on any atom is -0.495 e. The van der Waals surface area contributed by atoms with Crippen molar-refractivity contribution in [2.24, 2.45) is 0 Å². The second-order valence-corrected chi connectivity index (χ2v) is 9.33. The van der Waals surface area contributed by atoms with E-state index in [2.05, 4.69) is 10.2 Å². The van der Waals surface area contributed by atoms with Crippen LogP contribution >= 0.6 is 11.6 Å². The van der Waals surface area contributed by atoms with Crippen molar-refractivity contribution in [3.05, 3.63) is 52.5 Å². The standard InChI is InChI=1S/C20H24ClN3O4S/c1-14-4-6-16(29(26,27)24-10-8-23(2)9-11-24)13-17(14)20(25)22-15-5-7-19(28-3)18(21)12-15/h4-7,12-13H,8-11H2,1-3H3,(H,22,25). The molecule has 0 bridgehead atoms. The number of hydrogen-bond donors (Lipinski definition) is 1. The van der Waals surface area contributed by atoms with Crippen LogP contribution in [0.2, 0.25) is 5.02 Å². The summed E-state index contributed by atoms with van der Waals surface area (Å²) in [6, 6.07) is 9.53. The summed E-state index contributed by atoms with van der Waals surface area (Å²) in [5, 5.41) is 3.13. The fraction of sp³-hybridized carbons (Fsp3) is 0.350. The van der Waals surface area contributed by atoms with Crippen LogP contribution in [0.1, 0.15) is 15.9 Å². The van der Waals surface area contributed by atoms with Gasteiger partial charge in [0.1, 0.15) is 5.75 Å². The normalized spacial score (nSPS) is 15.9. The lowest BCUT2D eigenvalue weighted by molar-refractivity contribution is 0.102. The van der Waals surface area contributed by atoms with E-state index in [1.165, 1.54) is 17.5 Å². The number of ether oxygens (including phenoxy) is 1. The maximum absolute atomic E-state index is 13.0. The molecule has 1 N–H and O–H groups in total. The number of carbonyl (C=O) groups excluding carboxylic acids is 1. The van der Waals surface area contributed by atoms with Gasteiger partial charge in [-0.3, -0.25) is 4.79 Å². The first kappa shape index (κ1) is 21.6. The highest BCUT2D eigenvalue weighted by Gasteiger charge is 2.28. The average molecular weight is 438 g/mol. The lowest BCUT2D eigenvalue weighted by Gasteiger charge is -2.31. The molecular formula is C20H24ClN3O4S. The van der Waals surface area contributed by atoms with Gasteiger partial charge in [0.05, 0.1) is 17.0 Å². The number of benzene rings is 2. The number of carbonyl (C=O) groups is 1. The first-order valence-corrected chi connectivity index (χ1v) is 11.0. The van der Waals surface area contributed by atoms with Crippen molar-refractivity contribution in [1.29, 1.82) is 0 Å². The van der Waals surface area contributed by atoms with Crippen LogP contribution < -0.4 is 10.1 Å². The molecule has 0 aromatic heterocycles. The Kier molecular flexibility index (Phi) is 6.48. The molecule has 0 spiro atoms. The van der Waals surface area contributed by atoms with Gasteiger partial charge in [0.15, 0.2) is 0 Å². The number of amides is 1. The largest absolute Gasteiger partial charge is 0.495 e. The fourth-order valence-corrected chi connectivity index (χ4v) is 4.83. The molecule has 29 heavy (non-hydrogen) atoms. The van der Waals surface area contributed by atoms with E-state index >= 15 is 0 Å². The van der Waals surface area contributed by atoms with E-state index in [0.717, 1.165) is 0 Å². The van der Waals surface area contributed by atoms with Crippen molar-refractivity contribution in [3.8, 4) is 5.75 Å². The Labute approximate surface area is 176 Å². The summed E-state index contributed by atoms with van der Waals surface area (Å²) in [6.45, 7) is 3.98. The van der Waals surface area contributed by atoms with Crippen LogP contribution in [0.4, 0.5) is 5.69 Å². The van der Waals surface area contributed by atoms with Crippen molar-refractivity contribution in [2.45, 2.75) is 11.8 Å². The molecular weight excluding hydrogens is 414 g/mol. The SMILES string of the molecule is COc1ccc(NC(=O)c2cc(S(=O)(=O)N3CCN(C)CC3)ccc2C)cc1Cl. The zero-order valence-electron chi connectivity index (χ0n) is 16.6. The summed E-state index contributed by atoms with van der Waals surface area (Å²) in [6.07, 6.45) is 0. The van der Waals surface area contributed by atoms with E-state index in [1.807, 2.05) is 7.05 Å². The Morgan fingerprint density at radius 1 is 1.10 bits per heavy atom. The van der Waals surface area contributed by atoms with E-state index in [9.17, 15) is 13.2 Å². The molecule has 0 atom stereocenters. The van der Waals surface area contributed by atoms with Crippen LogP contribution in [0.25, 0.3) is 0 Å². The maximum atomic E-state index is 13.0. The Bertz CT molecular complexity index is 1020. The highest BCUT2D eigenvalue weighted by molar-refractivity contribution is 7.89. The van der Waals surface area contributed by atoms with E-state index in [0.29, 0.717) is 53.8 Å². The molecule has 1 amide bonds. The molecule has 7 nitrogen and oxygen atoms in total. The van der Waals surface area contributed by atoms with Crippen LogP contribution in [-0.4, -0.2) is 63.9 Å². The maximum Gasteiger partial charge on any atom is 0.255 e. The molecule has 1 saturated heterocycles. The predicted octanol–water partition coefficient (Wildman–Crippen LogP) is 2.85. The zero-order valence-corrected chi connectivity index (χ0v) is 18.2. The first-order chi connectivity index (χ1) is 13.7. The second kappa shape index (κ2) is 8.71. The van der Waals surface area contributed by atoms with E-state index in [1.54, 1.807) is 37.3 Å². The van der Waals surface area contributed by atoms with Gasteiger partial charge in [0.2, 0.25) is 10.0 Å². The number of hydrogen-bond acceptors (Lipinski definition) is 5. The van der Waals surface area contributed by atoms with Crippen molar-refractivity contribution >= 4 is 33.2 Å². The lowest BCUT2D eigenvalue weighted by atomic mass is 10.1. The molecule has 1 fully saturated rings. The highest BCUT2D eigenvalue weighted by atomic mass is 35.5. The number of nitrogens with one attached hydrogen (secondary N) is 1. The van der Waals surface area contributed by atoms with Crippen LogP contribution in [0.15, 0.2) is 41.3 Å². The second-order valence-electron chi connectivity index (χ2n) is 6.99. The number of anilines is 1. The summed E-state index contributed by atoms with van der Waals surface area (Å²) in [5.41, 5.74) is 1.47. The minimum atomic E-state index is -3.66. The number of rotatable bonds is 5. The summed E-state index contributed by atoms with van der Waals surface area (Å²) < 4.78 is 32.6. The van der Waals surface area contributed by atoms with E-state index in [4.69, 9.17) is 16.3 Å². The van der Waals surface area contributed by atoms with Gasteiger partial charge in [-0.2, -0.15) is 4.31 Å². The lowest BCUT2D eigenvalue weighted by Crippen LogP contribution is -2.47. The van der Waals surface area contributed by atoms with Crippen molar-refractivity contribution in [1.82, 2.24) is 9.21 Å². The molecule has 0 unspecified atom stereocenters. The Hall–Kier alpha value is -2.13. The van der Waals surface area contributed by atoms with Gasteiger partial charge in [-0.1, -0.05) is 17.7 Å². The van der Waals surface area contributed by atoms with Gasteiger partial charge in [0, 0.05) is 37.4 Å². The third-order valence-electron chi connectivity index (χ3n) is 4.96. The summed E-state index contributed by atoms with van der Waals surface area (Å²) in [5.74, 6) is 0.0975. The number of sulfonamides is 1. The predicted molar refractivity (Wildman–Crippen MR) is 113 cm³/mol. The highest BCUT2D eigenvalue weighted by Crippen LogP contribution is 2.28. The molecule has 0 aliphatic carbocycles. The molecule has 2 aromatic carbocycles. The molecule has 1 aliphatic heterocycles. The molecule has 1 heterocycles. The van der Waals surface area contributed by atoms with Crippen molar-refractivity contribution in [2.75, 3.05) is 45.7 Å². The van der Waals surface area contributed by atoms with Gasteiger partial charge in [0.25, 0.3) is 5.91 Å². The zero-order chi connectivity index (χ0) is 21.2. The summed E-state index contributed by atoms with van der Waals surface area (Å²) >= 11 is 6.11. The number of halogens is 1. The Morgan fingerprint density at radius 2 is 1.79 bits per heavy atom. The van der Waals surface area contributed by atoms with Gasteiger partial charge < -0.3 is 15.0 Å².